The van der Waals surface area contributed by atoms with Crippen LogP contribution in [0.2, 0.25) is 0 Å². The first-order valence-electron chi connectivity index (χ1n) is 9.08. The van der Waals surface area contributed by atoms with Gasteiger partial charge in [0.05, 0.1) is 18.4 Å². The van der Waals surface area contributed by atoms with E-state index in [2.05, 4.69) is 22.4 Å². The summed E-state index contributed by atoms with van der Waals surface area (Å²) in [4.78, 5) is 14.7. The molecule has 1 atom stereocenters. The maximum Gasteiger partial charge on any atom is 0.233 e. The molecule has 2 heterocycles. The lowest BCUT2D eigenvalue weighted by Crippen LogP contribution is -2.42. The van der Waals surface area contributed by atoms with Crippen molar-refractivity contribution in [3.05, 3.63) is 0 Å². The van der Waals surface area contributed by atoms with Crippen molar-refractivity contribution in [3.8, 4) is 0 Å². The molecule has 1 unspecified atom stereocenters. The normalized spacial score (nSPS) is 22.0. The molecule has 1 saturated heterocycles. The number of tetrazole rings is 1. The van der Waals surface area contributed by atoms with Crippen LogP contribution in [0.25, 0.3) is 0 Å². The van der Waals surface area contributed by atoms with E-state index in [1.165, 1.54) is 31.0 Å². The first-order valence-corrected chi connectivity index (χ1v) is 10.1. The van der Waals surface area contributed by atoms with Crippen molar-refractivity contribution in [1.82, 2.24) is 25.1 Å². The Morgan fingerprint density at radius 3 is 2.83 bits per heavy atom. The van der Waals surface area contributed by atoms with Crippen molar-refractivity contribution >= 4 is 17.7 Å². The molecule has 7 nitrogen and oxygen atoms in total. The third-order valence-corrected chi connectivity index (χ3v) is 5.84. The number of hydrogen-bond donors (Lipinski definition) is 0. The Labute approximate surface area is 147 Å². The molecule has 0 bridgehead atoms. The van der Waals surface area contributed by atoms with Crippen LogP contribution in [0.3, 0.4) is 0 Å². The van der Waals surface area contributed by atoms with Crippen molar-refractivity contribution in [3.63, 3.8) is 0 Å². The molecule has 2 aliphatic rings. The maximum atomic E-state index is 12.6. The average molecular weight is 353 g/mol. The number of carbonyl (C=O) groups is 1. The number of hydrogen-bond acceptors (Lipinski definition) is 6. The molecule has 1 amide bonds. The molecule has 1 aliphatic heterocycles. The van der Waals surface area contributed by atoms with Crippen molar-refractivity contribution in [1.29, 1.82) is 0 Å². The first-order chi connectivity index (χ1) is 11.8. The van der Waals surface area contributed by atoms with Crippen LogP contribution in [-0.4, -0.2) is 62.1 Å². The van der Waals surface area contributed by atoms with Gasteiger partial charge in [0.15, 0.2) is 0 Å². The Bertz CT molecular complexity index is 526. The third kappa shape index (κ3) is 4.47. The minimum atomic E-state index is 0.193. The van der Waals surface area contributed by atoms with Gasteiger partial charge in [-0.2, -0.15) is 0 Å². The summed E-state index contributed by atoms with van der Waals surface area (Å²) < 4.78 is 7.41. The fourth-order valence-electron chi connectivity index (χ4n) is 3.64. The Hall–Kier alpha value is -1.15. The zero-order chi connectivity index (χ0) is 16.8. The summed E-state index contributed by atoms with van der Waals surface area (Å²) >= 11 is 1.43. The summed E-state index contributed by atoms with van der Waals surface area (Å²) in [5.41, 5.74) is 0. The molecule has 0 N–H and O–H groups in total. The zero-order valence-electron chi connectivity index (χ0n) is 14.4. The number of nitrogens with zero attached hydrogens (tertiary/aromatic N) is 5. The second kappa shape index (κ2) is 8.80. The van der Waals surface area contributed by atoms with E-state index in [9.17, 15) is 4.79 Å². The first kappa shape index (κ1) is 17.7. The van der Waals surface area contributed by atoms with E-state index >= 15 is 0 Å². The standard InChI is InChI=1S/C16H27N5O2S/c1-2-20(13-7-4-3-5-8-13)15(22)12-24-16-17-18-19-21(16)11-14-9-6-10-23-14/h13-14H,2-12H2,1H3. The third-order valence-electron chi connectivity index (χ3n) is 4.90. The van der Waals surface area contributed by atoms with Crippen molar-refractivity contribution in [2.45, 2.75) is 75.7 Å². The van der Waals surface area contributed by atoms with Gasteiger partial charge < -0.3 is 9.64 Å². The number of rotatable bonds is 7. The highest BCUT2D eigenvalue weighted by atomic mass is 32.2. The predicted molar refractivity (Wildman–Crippen MR) is 91.8 cm³/mol. The summed E-state index contributed by atoms with van der Waals surface area (Å²) in [7, 11) is 0. The molecule has 8 heteroatoms. The predicted octanol–water partition coefficient (Wildman–Crippen LogP) is 2.13. The van der Waals surface area contributed by atoms with Gasteiger partial charge in [-0.05, 0) is 43.0 Å². The molecule has 24 heavy (non-hydrogen) atoms. The lowest BCUT2D eigenvalue weighted by molar-refractivity contribution is -0.131. The Morgan fingerprint density at radius 1 is 1.29 bits per heavy atom. The second-order valence-corrected chi connectivity index (χ2v) is 7.48. The monoisotopic (exact) mass is 353 g/mol. The van der Waals surface area contributed by atoms with Crippen LogP contribution in [0.15, 0.2) is 5.16 Å². The SMILES string of the molecule is CCN(C(=O)CSc1nnnn1CC1CCCO1)C1CCCCC1. The highest BCUT2D eigenvalue weighted by Gasteiger charge is 2.25. The van der Waals surface area contributed by atoms with E-state index in [4.69, 9.17) is 4.74 Å². The number of carbonyl (C=O) groups excluding carboxylic acids is 1. The van der Waals surface area contributed by atoms with Crippen LogP contribution in [-0.2, 0) is 16.1 Å². The number of amides is 1. The van der Waals surface area contributed by atoms with E-state index in [1.54, 1.807) is 4.68 Å². The molecule has 0 aromatic carbocycles. The smallest absolute Gasteiger partial charge is 0.233 e. The average Bonchev–Trinajstić information content (AvgIpc) is 3.27. The van der Waals surface area contributed by atoms with Gasteiger partial charge in [-0.15, -0.1) is 5.10 Å². The van der Waals surface area contributed by atoms with Crippen LogP contribution in [0.4, 0.5) is 0 Å². The van der Waals surface area contributed by atoms with Crippen LogP contribution >= 0.6 is 11.8 Å². The largest absolute Gasteiger partial charge is 0.376 e. The van der Waals surface area contributed by atoms with Crippen LogP contribution in [0.5, 0.6) is 0 Å². The Kier molecular flexibility index (Phi) is 6.48. The van der Waals surface area contributed by atoms with Gasteiger partial charge >= 0.3 is 0 Å². The minimum absolute atomic E-state index is 0.193. The van der Waals surface area contributed by atoms with Gasteiger partial charge in [0.2, 0.25) is 11.1 Å². The lowest BCUT2D eigenvalue weighted by atomic mass is 9.94. The van der Waals surface area contributed by atoms with Crippen LogP contribution in [0.1, 0.15) is 51.9 Å². The Balaban J connectivity index is 1.52. The van der Waals surface area contributed by atoms with Gasteiger partial charge in [-0.3, -0.25) is 4.79 Å². The molecule has 1 saturated carbocycles. The summed E-state index contributed by atoms with van der Waals surface area (Å²) in [6.45, 7) is 4.34. The molecule has 1 aromatic heterocycles. The fraction of sp³-hybridized carbons (Fsp3) is 0.875. The quantitative estimate of drug-likeness (QED) is 0.699. The topological polar surface area (TPSA) is 73.1 Å². The molecule has 0 radical (unpaired) electrons. The molecule has 2 fully saturated rings. The van der Waals surface area contributed by atoms with Crippen molar-refractivity contribution < 1.29 is 9.53 Å². The van der Waals surface area contributed by atoms with Gasteiger partial charge in [0, 0.05) is 19.2 Å². The summed E-state index contributed by atoms with van der Waals surface area (Å²) in [5.74, 6) is 0.594. The van der Waals surface area contributed by atoms with Gasteiger partial charge in [-0.25, -0.2) is 4.68 Å². The highest BCUT2D eigenvalue weighted by Crippen LogP contribution is 2.24. The second-order valence-electron chi connectivity index (χ2n) is 6.54. The minimum Gasteiger partial charge on any atom is -0.376 e. The van der Waals surface area contributed by atoms with E-state index in [0.29, 0.717) is 23.5 Å². The summed E-state index contributed by atoms with van der Waals surface area (Å²) in [6, 6.07) is 0.416. The lowest BCUT2D eigenvalue weighted by Gasteiger charge is -2.33. The molecular weight excluding hydrogens is 326 g/mol. The van der Waals surface area contributed by atoms with Gasteiger partial charge in [0.25, 0.3) is 0 Å². The van der Waals surface area contributed by atoms with E-state index in [0.717, 1.165) is 38.8 Å². The molecule has 0 spiro atoms. The number of thioether (sulfide) groups is 1. The van der Waals surface area contributed by atoms with E-state index in [-0.39, 0.29) is 12.0 Å². The highest BCUT2D eigenvalue weighted by molar-refractivity contribution is 7.99. The van der Waals surface area contributed by atoms with Crippen LogP contribution < -0.4 is 0 Å². The molecule has 1 aromatic rings. The summed E-state index contributed by atoms with van der Waals surface area (Å²) in [5, 5.41) is 12.6. The van der Waals surface area contributed by atoms with E-state index in [1.807, 2.05) is 4.90 Å². The number of aromatic nitrogens is 4. The van der Waals surface area contributed by atoms with Gasteiger partial charge in [0.1, 0.15) is 0 Å². The molecular formula is C16H27N5O2S. The van der Waals surface area contributed by atoms with Crippen LogP contribution in [0, 0.1) is 0 Å². The molecule has 134 valence electrons. The number of ether oxygens (including phenoxy) is 1. The summed E-state index contributed by atoms with van der Waals surface area (Å²) in [6.07, 6.45) is 8.40. The van der Waals surface area contributed by atoms with Crippen molar-refractivity contribution in [2.75, 3.05) is 18.9 Å². The fourth-order valence-corrected chi connectivity index (χ4v) is 4.41. The van der Waals surface area contributed by atoms with Gasteiger partial charge in [-0.1, -0.05) is 31.0 Å². The molecule has 3 rings (SSSR count). The van der Waals surface area contributed by atoms with E-state index < -0.39 is 0 Å². The Morgan fingerprint density at radius 2 is 2.12 bits per heavy atom. The van der Waals surface area contributed by atoms with Crippen molar-refractivity contribution in [2.24, 2.45) is 0 Å². The maximum absolute atomic E-state index is 12.6. The zero-order valence-corrected chi connectivity index (χ0v) is 15.2. The molecule has 1 aliphatic carbocycles.